The van der Waals surface area contributed by atoms with Crippen LogP contribution in [0.1, 0.15) is 31.2 Å². The molecule has 0 spiro atoms. The van der Waals surface area contributed by atoms with E-state index in [0.29, 0.717) is 18.5 Å². The summed E-state index contributed by atoms with van der Waals surface area (Å²) in [4.78, 5) is 18.6. The van der Waals surface area contributed by atoms with Crippen molar-refractivity contribution in [1.82, 2.24) is 9.88 Å². The third kappa shape index (κ3) is 2.98. The highest BCUT2D eigenvalue weighted by Gasteiger charge is 2.50. The van der Waals surface area contributed by atoms with Gasteiger partial charge in [-0.05, 0) is 43.2 Å². The Hall–Kier alpha value is -2.47. The number of piperidine rings is 1. The van der Waals surface area contributed by atoms with Crippen molar-refractivity contribution in [1.29, 1.82) is 0 Å². The van der Waals surface area contributed by atoms with Crippen LogP contribution in [-0.2, 0) is 5.60 Å². The SMILES string of the molecule is O=C(Nc1ccc(F)cc1)N1[C@H]2CC[C@H]1CC(O)(c1cccnc1)C2. The average molecular weight is 341 g/mol. The highest BCUT2D eigenvalue weighted by molar-refractivity contribution is 5.90. The first kappa shape index (κ1) is 16.0. The Kier molecular flexibility index (Phi) is 3.92. The van der Waals surface area contributed by atoms with Crippen LogP contribution >= 0.6 is 0 Å². The van der Waals surface area contributed by atoms with Crippen molar-refractivity contribution in [2.45, 2.75) is 43.4 Å². The Balaban J connectivity index is 1.50. The fraction of sp³-hybridized carbons (Fsp3) is 0.368. The number of hydrogen-bond donors (Lipinski definition) is 2. The second-order valence-electron chi connectivity index (χ2n) is 6.91. The second-order valence-corrected chi connectivity index (χ2v) is 6.91. The lowest BCUT2D eigenvalue weighted by atomic mass is 9.81. The van der Waals surface area contributed by atoms with Crippen LogP contribution in [0, 0.1) is 5.82 Å². The van der Waals surface area contributed by atoms with E-state index in [1.54, 1.807) is 24.5 Å². The van der Waals surface area contributed by atoms with Crippen molar-refractivity contribution in [2.75, 3.05) is 5.32 Å². The van der Waals surface area contributed by atoms with Gasteiger partial charge >= 0.3 is 6.03 Å². The van der Waals surface area contributed by atoms with Crippen LogP contribution in [0.25, 0.3) is 0 Å². The standard InChI is InChI=1S/C19H20FN3O2/c20-14-3-5-15(6-4-14)22-18(24)23-16-7-8-17(23)11-19(25,10-16)13-2-1-9-21-12-13/h1-6,9,12,16-17,25H,7-8,10-11H2,(H,22,24)/t16-,17-/m0/s1. The van der Waals surface area contributed by atoms with Crippen LogP contribution in [0.5, 0.6) is 0 Å². The zero-order chi connectivity index (χ0) is 17.4. The van der Waals surface area contributed by atoms with Gasteiger partial charge in [0.25, 0.3) is 0 Å². The van der Waals surface area contributed by atoms with Crippen LogP contribution in [0.15, 0.2) is 48.8 Å². The van der Waals surface area contributed by atoms with Crippen molar-refractivity contribution in [3.63, 3.8) is 0 Å². The number of halogens is 1. The van der Waals surface area contributed by atoms with Crippen molar-refractivity contribution < 1.29 is 14.3 Å². The highest BCUT2D eigenvalue weighted by Crippen LogP contribution is 2.45. The summed E-state index contributed by atoms with van der Waals surface area (Å²) in [7, 11) is 0. The first-order chi connectivity index (χ1) is 12.0. The molecule has 2 saturated heterocycles. The van der Waals surface area contributed by atoms with Crippen molar-refractivity contribution >= 4 is 11.7 Å². The average Bonchev–Trinajstić information content (AvgIpc) is 2.90. The van der Waals surface area contributed by atoms with Gasteiger partial charge in [0.2, 0.25) is 0 Å². The Morgan fingerprint density at radius 2 is 1.88 bits per heavy atom. The summed E-state index contributed by atoms with van der Waals surface area (Å²) in [6.45, 7) is 0. The number of rotatable bonds is 2. The summed E-state index contributed by atoms with van der Waals surface area (Å²) in [5.74, 6) is -0.336. The fourth-order valence-electron chi connectivity index (χ4n) is 4.15. The number of aromatic nitrogens is 1. The van der Waals surface area contributed by atoms with Gasteiger partial charge < -0.3 is 15.3 Å². The van der Waals surface area contributed by atoms with Gasteiger partial charge in [-0.2, -0.15) is 0 Å². The van der Waals surface area contributed by atoms with E-state index < -0.39 is 5.60 Å². The van der Waals surface area contributed by atoms with Gasteiger partial charge in [0.05, 0.1) is 5.60 Å². The number of urea groups is 1. The Bertz CT molecular complexity index is 752. The Morgan fingerprint density at radius 1 is 1.20 bits per heavy atom. The third-order valence-electron chi connectivity index (χ3n) is 5.30. The van der Waals surface area contributed by atoms with Crippen molar-refractivity contribution in [3.8, 4) is 0 Å². The molecule has 1 aromatic heterocycles. The molecule has 6 heteroatoms. The smallest absolute Gasteiger partial charge is 0.322 e. The van der Waals surface area contributed by atoms with E-state index in [0.717, 1.165) is 18.4 Å². The normalized spacial score (nSPS) is 28.0. The number of nitrogens with one attached hydrogen (secondary N) is 1. The molecule has 0 radical (unpaired) electrons. The van der Waals surface area contributed by atoms with Gasteiger partial charge in [-0.3, -0.25) is 4.98 Å². The molecule has 1 aromatic carbocycles. The van der Waals surface area contributed by atoms with E-state index in [1.807, 2.05) is 17.0 Å². The van der Waals surface area contributed by atoms with Gasteiger partial charge in [-0.25, -0.2) is 9.18 Å². The number of pyridine rings is 1. The minimum atomic E-state index is -0.938. The molecule has 0 unspecified atom stereocenters. The van der Waals surface area contributed by atoms with Crippen LogP contribution in [-0.4, -0.2) is 33.1 Å². The zero-order valence-electron chi connectivity index (χ0n) is 13.7. The van der Waals surface area contributed by atoms with E-state index in [9.17, 15) is 14.3 Å². The zero-order valence-corrected chi connectivity index (χ0v) is 13.7. The number of nitrogens with zero attached hydrogens (tertiary/aromatic N) is 2. The number of amides is 2. The third-order valence-corrected chi connectivity index (χ3v) is 5.30. The monoisotopic (exact) mass is 341 g/mol. The molecule has 2 aliphatic rings. The van der Waals surface area contributed by atoms with Gasteiger partial charge in [0, 0.05) is 48.6 Å². The molecule has 2 N–H and O–H groups in total. The second kappa shape index (κ2) is 6.11. The highest BCUT2D eigenvalue weighted by atomic mass is 19.1. The summed E-state index contributed by atoms with van der Waals surface area (Å²) in [5, 5.41) is 13.9. The molecule has 2 aromatic rings. The van der Waals surface area contributed by atoms with Crippen LogP contribution < -0.4 is 5.32 Å². The largest absolute Gasteiger partial charge is 0.385 e. The molecular formula is C19H20FN3O2. The first-order valence-electron chi connectivity index (χ1n) is 8.53. The summed E-state index contributed by atoms with van der Waals surface area (Å²) in [6.07, 6.45) is 6.16. The number of hydrogen-bond acceptors (Lipinski definition) is 3. The molecule has 5 nitrogen and oxygen atoms in total. The van der Waals surface area contributed by atoms with Gasteiger partial charge in [0.15, 0.2) is 0 Å². The Labute approximate surface area is 145 Å². The lowest BCUT2D eigenvalue weighted by Gasteiger charge is -2.43. The molecule has 2 atom stereocenters. The lowest BCUT2D eigenvalue weighted by molar-refractivity contribution is -0.0424. The summed E-state index contributed by atoms with van der Waals surface area (Å²) >= 11 is 0. The molecule has 0 aliphatic carbocycles. The van der Waals surface area contributed by atoms with Gasteiger partial charge in [-0.1, -0.05) is 6.07 Å². The fourth-order valence-corrected chi connectivity index (χ4v) is 4.15. The number of anilines is 1. The van der Waals surface area contributed by atoms with Gasteiger partial charge in [0.1, 0.15) is 5.82 Å². The number of aliphatic hydroxyl groups is 1. The molecule has 25 heavy (non-hydrogen) atoms. The maximum atomic E-state index is 13.0. The molecular weight excluding hydrogens is 321 g/mol. The number of carbonyl (C=O) groups is 1. The van der Waals surface area contributed by atoms with E-state index in [4.69, 9.17) is 0 Å². The lowest BCUT2D eigenvalue weighted by Crippen LogP contribution is -2.53. The summed E-state index contributed by atoms with van der Waals surface area (Å²) < 4.78 is 13.0. The summed E-state index contributed by atoms with van der Waals surface area (Å²) in [5.41, 5.74) is 0.441. The molecule has 0 saturated carbocycles. The van der Waals surface area contributed by atoms with Crippen molar-refractivity contribution in [3.05, 3.63) is 60.2 Å². The summed E-state index contributed by atoms with van der Waals surface area (Å²) in [6, 6.07) is 9.24. The Morgan fingerprint density at radius 3 is 2.48 bits per heavy atom. The van der Waals surface area contributed by atoms with E-state index >= 15 is 0 Å². The van der Waals surface area contributed by atoms with Crippen LogP contribution in [0.3, 0.4) is 0 Å². The van der Waals surface area contributed by atoms with Crippen LogP contribution in [0.4, 0.5) is 14.9 Å². The van der Waals surface area contributed by atoms with E-state index in [-0.39, 0.29) is 23.9 Å². The minimum Gasteiger partial charge on any atom is -0.385 e. The molecule has 2 aliphatic heterocycles. The van der Waals surface area contributed by atoms with Crippen LogP contribution in [0.2, 0.25) is 0 Å². The molecule has 2 fully saturated rings. The maximum Gasteiger partial charge on any atom is 0.322 e. The number of benzene rings is 1. The minimum absolute atomic E-state index is 0.00981. The van der Waals surface area contributed by atoms with Gasteiger partial charge in [-0.15, -0.1) is 0 Å². The quantitative estimate of drug-likeness (QED) is 0.881. The predicted octanol–water partition coefficient (Wildman–Crippen LogP) is 3.27. The molecule has 130 valence electrons. The molecule has 2 bridgehead atoms. The molecule has 2 amide bonds. The predicted molar refractivity (Wildman–Crippen MR) is 91.4 cm³/mol. The van der Waals surface area contributed by atoms with E-state index in [2.05, 4.69) is 10.3 Å². The molecule has 3 heterocycles. The first-order valence-corrected chi connectivity index (χ1v) is 8.53. The van der Waals surface area contributed by atoms with Crippen molar-refractivity contribution in [2.24, 2.45) is 0 Å². The topological polar surface area (TPSA) is 65.5 Å². The number of carbonyl (C=O) groups excluding carboxylic acids is 1. The molecule has 4 rings (SSSR count). The van der Waals surface area contributed by atoms with E-state index in [1.165, 1.54) is 12.1 Å². The maximum absolute atomic E-state index is 13.0. The number of fused-ring (bicyclic) bond motifs is 2.